The summed E-state index contributed by atoms with van der Waals surface area (Å²) in [4.78, 5) is 0. The quantitative estimate of drug-likeness (QED) is 0.729. The van der Waals surface area contributed by atoms with Gasteiger partial charge in [0.2, 0.25) is 0 Å². The molecule has 0 unspecified atom stereocenters. The van der Waals surface area contributed by atoms with E-state index < -0.39 is 11.9 Å². The second kappa shape index (κ2) is 4.23. The maximum absolute atomic E-state index is 9.39. The highest BCUT2D eigenvalue weighted by Crippen LogP contribution is 2.41. The van der Waals surface area contributed by atoms with Gasteiger partial charge in [-0.1, -0.05) is 6.92 Å². The molecular formula is C11H20O5. The van der Waals surface area contributed by atoms with Gasteiger partial charge in [0.05, 0.1) is 18.8 Å². The topological polar surface area (TPSA) is 68.2 Å². The summed E-state index contributed by atoms with van der Waals surface area (Å²) >= 11 is 0. The van der Waals surface area contributed by atoms with Crippen molar-refractivity contribution in [3.63, 3.8) is 0 Å². The second-order valence-corrected chi connectivity index (χ2v) is 5.07. The Balaban J connectivity index is 1.95. The first-order valence-corrected chi connectivity index (χ1v) is 5.73. The first-order valence-electron chi connectivity index (χ1n) is 5.73. The predicted octanol–water partition coefficient (Wildman–Crippen LogP) is 0.242. The van der Waals surface area contributed by atoms with Crippen molar-refractivity contribution < 1.29 is 24.4 Å². The molecule has 0 aliphatic carbocycles. The minimum Gasteiger partial charge on any atom is -0.394 e. The van der Waals surface area contributed by atoms with Crippen LogP contribution in [0.15, 0.2) is 0 Å². The van der Waals surface area contributed by atoms with E-state index in [4.69, 9.17) is 19.3 Å². The molecule has 0 aromatic heterocycles. The van der Waals surface area contributed by atoms with Crippen molar-refractivity contribution in [1.29, 1.82) is 0 Å². The van der Waals surface area contributed by atoms with Crippen LogP contribution in [0.4, 0.5) is 0 Å². The number of rotatable bonds is 3. The molecule has 0 spiro atoms. The lowest BCUT2D eigenvalue weighted by Gasteiger charge is -2.24. The summed E-state index contributed by atoms with van der Waals surface area (Å²) in [6.45, 7) is 5.50. The third-order valence-electron chi connectivity index (χ3n) is 3.22. The molecule has 2 rings (SSSR count). The first-order chi connectivity index (χ1) is 7.43. The summed E-state index contributed by atoms with van der Waals surface area (Å²) in [6.07, 6.45) is -0.864. The fourth-order valence-electron chi connectivity index (χ4n) is 2.34. The van der Waals surface area contributed by atoms with Gasteiger partial charge in [0, 0.05) is 12.3 Å². The minimum atomic E-state index is -0.737. The van der Waals surface area contributed by atoms with Crippen LogP contribution >= 0.6 is 0 Å². The summed E-state index contributed by atoms with van der Waals surface area (Å²) < 4.78 is 17.0. The molecule has 0 amide bonds. The van der Waals surface area contributed by atoms with Gasteiger partial charge in [-0.25, -0.2) is 0 Å². The second-order valence-electron chi connectivity index (χ2n) is 5.07. The zero-order chi connectivity index (χ0) is 11.9. The molecule has 2 saturated heterocycles. The maximum atomic E-state index is 9.39. The van der Waals surface area contributed by atoms with Gasteiger partial charge in [0.1, 0.15) is 6.10 Å². The Morgan fingerprint density at radius 2 is 2.00 bits per heavy atom. The van der Waals surface area contributed by atoms with Gasteiger partial charge in [-0.2, -0.15) is 0 Å². The smallest absolute Gasteiger partial charge is 0.187 e. The van der Waals surface area contributed by atoms with E-state index in [2.05, 4.69) is 0 Å². The molecule has 5 nitrogen and oxygen atoms in total. The van der Waals surface area contributed by atoms with Crippen molar-refractivity contribution >= 4 is 0 Å². The van der Waals surface area contributed by atoms with E-state index in [-0.39, 0.29) is 31.0 Å². The lowest BCUT2D eigenvalue weighted by molar-refractivity contribution is -0.212. The molecule has 0 saturated carbocycles. The monoisotopic (exact) mass is 232 g/mol. The van der Waals surface area contributed by atoms with Gasteiger partial charge >= 0.3 is 0 Å². The summed E-state index contributed by atoms with van der Waals surface area (Å²) in [5, 5.41) is 18.2. The normalized spacial score (nSPS) is 43.3. The average Bonchev–Trinajstić information content (AvgIpc) is 2.63. The number of aliphatic hydroxyl groups excluding tert-OH is 2. The Morgan fingerprint density at radius 3 is 2.56 bits per heavy atom. The number of hydrogen-bond acceptors (Lipinski definition) is 5. The third kappa shape index (κ3) is 2.24. The Kier molecular flexibility index (Phi) is 3.25. The Bertz CT molecular complexity index is 255. The number of hydrogen-bond donors (Lipinski definition) is 2. The van der Waals surface area contributed by atoms with E-state index in [1.165, 1.54) is 0 Å². The van der Waals surface area contributed by atoms with Crippen LogP contribution in [0.2, 0.25) is 0 Å². The van der Waals surface area contributed by atoms with Gasteiger partial charge < -0.3 is 24.4 Å². The molecule has 0 radical (unpaired) electrons. The van der Waals surface area contributed by atoms with Crippen molar-refractivity contribution in [1.82, 2.24) is 0 Å². The van der Waals surface area contributed by atoms with E-state index in [0.717, 1.165) is 0 Å². The predicted molar refractivity (Wildman–Crippen MR) is 55.6 cm³/mol. The lowest BCUT2D eigenvalue weighted by atomic mass is 9.96. The Hall–Kier alpha value is -0.200. The van der Waals surface area contributed by atoms with Crippen LogP contribution in [-0.2, 0) is 14.2 Å². The number of aliphatic hydroxyl groups is 2. The van der Waals surface area contributed by atoms with Gasteiger partial charge in [-0.15, -0.1) is 0 Å². The Morgan fingerprint density at radius 1 is 1.31 bits per heavy atom. The van der Waals surface area contributed by atoms with E-state index in [0.29, 0.717) is 6.42 Å². The summed E-state index contributed by atoms with van der Waals surface area (Å²) in [7, 11) is 0. The minimum absolute atomic E-state index is 0.0779. The van der Waals surface area contributed by atoms with Crippen molar-refractivity contribution in [3.05, 3.63) is 0 Å². The van der Waals surface area contributed by atoms with Crippen molar-refractivity contribution in [2.45, 2.75) is 57.6 Å². The van der Waals surface area contributed by atoms with Crippen LogP contribution in [0.25, 0.3) is 0 Å². The fourth-order valence-corrected chi connectivity index (χ4v) is 2.34. The van der Waals surface area contributed by atoms with Crippen molar-refractivity contribution in [2.24, 2.45) is 5.92 Å². The van der Waals surface area contributed by atoms with Crippen LogP contribution in [0.5, 0.6) is 0 Å². The molecule has 2 fully saturated rings. The SMILES string of the molecule is C[C@@H]1[C@H]2OC(C)(C)O[C@H]2O[C@@H]1C[C@H](O)CO. The molecule has 0 aromatic carbocycles. The van der Waals surface area contributed by atoms with Gasteiger partial charge in [-0.05, 0) is 13.8 Å². The van der Waals surface area contributed by atoms with E-state index in [1.807, 2.05) is 20.8 Å². The number of ether oxygens (including phenoxy) is 3. The molecule has 94 valence electrons. The van der Waals surface area contributed by atoms with Gasteiger partial charge in [0.15, 0.2) is 12.1 Å². The molecule has 2 N–H and O–H groups in total. The highest BCUT2D eigenvalue weighted by Gasteiger charge is 2.52. The molecule has 0 bridgehead atoms. The number of fused-ring (bicyclic) bond motifs is 1. The van der Waals surface area contributed by atoms with Crippen molar-refractivity contribution in [2.75, 3.05) is 6.61 Å². The fraction of sp³-hybridized carbons (Fsp3) is 1.00. The van der Waals surface area contributed by atoms with Gasteiger partial charge in [-0.3, -0.25) is 0 Å². The Labute approximate surface area is 95.3 Å². The first kappa shape index (κ1) is 12.3. The van der Waals surface area contributed by atoms with Crippen LogP contribution in [-0.4, -0.2) is 47.2 Å². The van der Waals surface area contributed by atoms with E-state index in [1.54, 1.807) is 0 Å². The molecule has 5 atom stereocenters. The molecule has 5 heteroatoms. The third-order valence-corrected chi connectivity index (χ3v) is 3.22. The molecular weight excluding hydrogens is 212 g/mol. The highest BCUT2D eigenvalue weighted by molar-refractivity contribution is 4.91. The highest BCUT2D eigenvalue weighted by atomic mass is 16.8. The van der Waals surface area contributed by atoms with Crippen molar-refractivity contribution in [3.8, 4) is 0 Å². The molecule has 0 aromatic rings. The molecule has 2 heterocycles. The average molecular weight is 232 g/mol. The molecule has 2 aliphatic rings. The summed E-state index contributed by atoms with van der Waals surface area (Å²) in [5.41, 5.74) is 0. The largest absolute Gasteiger partial charge is 0.394 e. The van der Waals surface area contributed by atoms with Crippen LogP contribution in [0, 0.1) is 5.92 Å². The lowest BCUT2D eigenvalue weighted by Crippen LogP contribution is -2.31. The summed E-state index contributed by atoms with van der Waals surface area (Å²) in [6, 6.07) is 0. The zero-order valence-electron chi connectivity index (χ0n) is 9.92. The van der Waals surface area contributed by atoms with Gasteiger partial charge in [0.25, 0.3) is 0 Å². The standard InChI is InChI=1S/C11H20O5/c1-6-8(4-7(13)5-12)14-10-9(6)15-11(2,3)16-10/h6-10,12-13H,4-5H2,1-3H3/t6-,7-,8+,9+,10+/m0/s1. The summed E-state index contributed by atoms with van der Waals surface area (Å²) in [5.74, 6) is -0.433. The zero-order valence-corrected chi connectivity index (χ0v) is 9.92. The maximum Gasteiger partial charge on any atom is 0.187 e. The molecule has 16 heavy (non-hydrogen) atoms. The van der Waals surface area contributed by atoms with Crippen LogP contribution in [0.1, 0.15) is 27.2 Å². The van der Waals surface area contributed by atoms with Crippen LogP contribution < -0.4 is 0 Å². The van der Waals surface area contributed by atoms with E-state index >= 15 is 0 Å². The molecule has 2 aliphatic heterocycles. The van der Waals surface area contributed by atoms with Crippen LogP contribution in [0.3, 0.4) is 0 Å². The van der Waals surface area contributed by atoms with E-state index in [9.17, 15) is 5.11 Å².